The van der Waals surface area contributed by atoms with Crippen molar-refractivity contribution in [3.8, 4) is 0 Å². The fourth-order valence-electron chi connectivity index (χ4n) is 2.76. The molecule has 0 spiro atoms. The second-order valence-electron chi connectivity index (χ2n) is 3.97. The van der Waals surface area contributed by atoms with Crippen LogP contribution >= 0.6 is 23.2 Å². The summed E-state index contributed by atoms with van der Waals surface area (Å²) in [5.41, 5.74) is 2.87. The Morgan fingerprint density at radius 1 is 0.923 bits per heavy atom. The largest absolute Gasteiger partial charge is 0.121 e. The second-order valence-corrected chi connectivity index (χ2v) is 4.97. The first-order valence-electron chi connectivity index (χ1n) is 4.66. The summed E-state index contributed by atoms with van der Waals surface area (Å²) in [5, 5.41) is 0.281. The van der Waals surface area contributed by atoms with Crippen molar-refractivity contribution in [2.24, 2.45) is 0 Å². The van der Waals surface area contributed by atoms with Crippen LogP contribution < -0.4 is 0 Å². The highest BCUT2D eigenvalue weighted by atomic mass is 35.5. The lowest BCUT2D eigenvalue weighted by molar-refractivity contribution is 0.735. The highest BCUT2D eigenvalue weighted by molar-refractivity contribution is 6.31. The van der Waals surface area contributed by atoms with E-state index < -0.39 is 0 Å². The normalized spacial score (nSPS) is 40.8. The van der Waals surface area contributed by atoms with Crippen LogP contribution in [0.1, 0.15) is 29.4 Å². The molecule has 1 aromatic carbocycles. The number of halogens is 2. The molecule has 1 saturated carbocycles. The van der Waals surface area contributed by atoms with E-state index >= 15 is 0 Å². The molecular weight excluding hydrogens is 203 g/mol. The molecule has 13 heavy (non-hydrogen) atoms. The highest BCUT2D eigenvalue weighted by Gasteiger charge is 2.49. The van der Waals surface area contributed by atoms with Crippen molar-refractivity contribution < 1.29 is 0 Å². The Morgan fingerprint density at radius 3 is 1.85 bits per heavy atom. The van der Waals surface area contributed by atoms with Crippen molar-refractivity contribution in [1.29, 1.82) is 0 Å². The predicted octanol–water partition coefficient (Wildman–Crippen LogP) is 3.49. The van der Waals surface area contributed by atoms with E-state index in [-0.39, 0.29) is 10.8 Å². The number of fused-ring (bicyclic) bond motifs is 5. The molecule has 0 unspecified atom stereocenters. The average molecular weight is 213 g/mol. The summed E-state index contributed by atoms with van der Waals surface area (Å²) in [6.07, 6.45) is 1.15. The summed E-state index contributed by atoms with van der Waals surface area (Å²) in [6.45, 7) is 0. The minimum absolute atomic E-state index is 0.140. The van der Waals surface area contributed by atoms with Gasteiger partial charge in [-0.1, -0.05) is 24.3 Å². The van der Waals surface area contributed by atoms with Crippen LogP contribution in [0, 0.1) is 0 Å². The lowest BCUT2D eigenvalue weighted by Crippen LogP contribution is -2.22. The van der Waals surface area contributed by atoms with Crippen molar-refractivity contribution in [3.63, 3.8) is 0 Å². The summed E-state index contributed by atoms with van der Waals surface area (Å²) in [4.78, 5) is 0. The molecule has 0 N–H and O–H groups in total. The van der Waals surface area contributed by atoms with Gasteiger partial charge in [0.15, 0.2) is 0 Å². The van der Waals surface area contributed by atoms with Crippen LogP contribution in [0.3, 0.4) is 0 Å². The molecule has 1 aromatic rings. The molecule has 68 valence electrons. The minimum atomic E-state index is 0.140. The van der Waals surface area contributed by atoms with Gasteiger partial charge in [0.1, 0.15) is 0 Å². The van der Waals surface area contributed by atoms with E-state index in [4.69, 9.17) is 23.2 Å². The molecule has 0 heterocycles. The van der Waals surface area contributed by atoms with Crippen molar-refractivity contribution >= 4 is 23.2 Å². The van der Waals surface area contributed by atoms with E-state index in [0.29, 0.717) is 11.8 Å². The zero-order valence-corrected chi connectivity index (χ0v) is 8.59. The molecule has 2 bridgehead atoms. The zero-order chi connectivity index (χ0) is 9.00. The minimum Gasteiger partial charge on any atom is -0.121 e. The highest BCUT2D eigenvalue weighted by Crippen LogP contribution is 2.56. The molecule has 1 fully saturated rings. The predicted molar refractivity (Wildman–Crippen MR) is 55.8 cm³/mol. The molecule has 0 saturated heterocycles. The van der Waals surface area contributed by atoms with Crippen LogP contribution in [0.4, 0.5) is 0 Å². The quantitative estimate of drug-likeness (QED) is 0.578. The van der Waals surface area contributed by atoms with Crippen LogP contribution in [0.25, 0.3) is 0 Å². The first-order valence-corrected chi connectivity index (χ1v) is 5.53. The van der Waals surface area contributed by atoms with Gasteiger partial charge in [-0.2, -0.15) is 0 Å². The fourth-order valence-corrected chi connectivity index (χ4v) is 3.59. The summed E-state index contributed by atoms with van der Waals surface area (Å²) in [6, 6.07) is 8.56. The standard InChI is InChI=1S/C11H10Cl2/c12-10-8-5-9(11(10)13)7-4-2-1-3-6(7)8/h1-4,8-11H,5H2/t8-,9-,10-,11+/m1/s1. The fraction of sp³-hybridized carbons (Fsp3) is 0.455. The van der Waals surface area contributed by atoms with Crippen LogP contribution in [-0.4, -0.2) is 10.8 Å². The number of hydrogen-bond acceptors (Lipinski definition) is 0. The van der Waals surface area contributed by atoms with E-state index in [1.807, 2.05) is 0 Å². The molecule has 0 amide bonds. The van der Waals surface area contributed by atoms with E-state index in [1.165, 1.54) is 11.1 Å². The van der Waals surface area contributed by atoms with Gasteiger partial charge in [0, 0.05) is 11.8 Å². The smallest absolute Gasteiger partial charge is 0.0574 e. The Hall–Kier alpha value is -0.200. The summed E-state index contributed by atoms with van der Waals surface area (Å²) in [7, 11) is 0. The van der Waals surface area contributed by atoms with Crippen LogP contribution in [-0.2, 0) is 0 Å². The molecular formula is C11H10Cl2. The van der Waals surface area contributed by atoms with Gasteiger partial charge in [0.25, 0.3) is 0 Å². The van der Waals surface area contributed by atoms with Gasteiger partial charge >= 0.3 is 0 Å². The molecule has 2 aliphatic carbocycles. The summed E-state index contributed by atoms with van der Waals surface area (Å²) < 4.78 is 0. The van der Waals surface area contributed by atoms with Gasteiger partial charge in [-0.25, -0.2) is 0 Å². The summed E-state index contributed by atoms with van der Waals surface area (Å²) in [5.74, 6) is 1.01. The zero-order valence-electron chi connectivity index (χ0n) is 7.08. The number of benzene rings is 1. The van der Waals surface area contributed by atoms with Gasteiger partial charge in [-0.3, -0.25) is 0 Å². The molecule has 0 aromatic heterocycles. The third-order valence-electron chi connectivity index (χ3n) is 3.38. The molecule has 2 aliphatic rings. The van der Waals surface area contributed by atoms with Crippen molar-refractivity contribution in [3.05, 3.63) is 35.4 Å². The van der Waals surface area contributed by atoms with E-state index in [1.54, 1.807) is 0 Å². The molecule has 0 nitrogen and oxygen atoms in total. The number of rotatable bonds is 0. The van der Waals surface area contributed by atoms with Crippen LogP contribution in [0.15, 0.2) is 24.3 Å². The maximum Gasteiger partial charge on any atom is 0.0574 e. The Bertz CT molecular complexity index is 315. The lowest BCUT2D eigenvalue weighted by Gasteiger charge is -2.23. The first-order chi connectivity index (χ1) is 6.29. The Labute approximate surface area is 87.9 Å². The molecule has 0 radical (unpaired) electrons. The van der Waals surface area contributed by atoms with Crippen molar-refractivity contribution in [1.82, 2.24) is 0 Å². The summed E-state index contributed by atoms with van der Waals surface area (Å²) >= 11 is 12.5. The van der Waals surface area contributed by atoms with Crippen molar-refractivity contribution in [2.45, 2.75) is 29.0 Å². The Kier molecular flexibility index (Phi) is 1.66. The van der Waals surface area contributed by atoms with Crippen LogP contribution in [0.5, 0.6) is 0 Å². The average Bonchev–Trinajstić information content (AvgIpc) is 2.66. The van der Waals surface area contributed by atoms with Gasteiger partial charge in [0.05, 0.1) is 10.8 Å². The maximum absolute atomic E-state index is 6.26. The third kappa shape index (κ3) is 0.936. The van der Waals surface area contributed by atoms with Gasteiger partial charge in [-0.05, 0) is 17.5 Å². The first kappa shape index (κ1) is 8.14. The van der Waals surface area contributed by atoms with Gasteiger partial charge in [-0.15, -0.1) is 23.2 Å². The Morgan fingerprint density at radius 2 is 1.38 bits per heavy atom. The third-order valence-corrected chi connectivity index (χ3v) is 4.66. The van der Waals surface area contributed by atoms with Gasteiger partial charge < -0.3 is 0 Å². The molecule has 0 aliphatic heterocycles. The SMILES string of the molecule is Cl[C@@H]1[C@H](Cl)[C@@H]2C[C@@H]1c1ccccc12. The second kappa shape index (κ2) is 2.65. The topological polar surface area (TPSA) is 0 Å². The molecule has 4 atom stereocenters. The number of alkyl halides is 2. The Balaban J connectivity index is 2.16. The maximum atomic E-state index is 6.26. The van der Waals surface area contributed by atoms with E-state index in [2.05, 4.69) is 24.3 Å². The van der Waals surface area contributed by atoms with Crippen LogP contribution in [0.2, 0.25) is 0 Å². The van der Waals surface area contributed by atoms with E-state index in [9.17, 15) is 0 Å². The monoisotopic (exact) mass is 212 g/mol. The molecule has 3 rings (SSSR count). The van der Waals surface area contributed by atoms with Gasteiger partial charge in [0.2, 0.25) is 0 Å². The number of hydrogen-bond donors (Lipinski definition) is 0. The van der Waals surface area contributed by atoms with Crippen molar-refractivity contribution in [2.75, 3.05) is 0 Å². The lowest BCUT2D eigenvalue weighted by atomic mass is 9.91. The van der Waals surface area contributed by atoms with E-state index in [0.717, 1.165) is 6.42 Å². The molecule has 2 heteroatoms.